The number of nitrogens with zero attached hydrogens (tertiary/aromatic N) is 3. The van der Waals surface area contributed by atoms with E-state index in [2.05, 4.69) is 32.4 Å². The lowest BCUT2D eigenvalue weighted by atomic mass is 10.4. The first kappa shape index (κ1) is 12.3. The number of aromatic nitrogens is 4. The second kappa shape index (κ2) is 5.48. The fourth-order valence-electron chi connectivity index (χ4n) is 1.40. The zero-order valence-electron chi connectivity index (χ0n) is 10.8. The second-order valence-corrected chi connectivity index (χ2v) is 4.10. The number of aromatic amines is 1. The van der Waals surface area contributed by atoms with Crippen LogP contribution in [0.2, 0.25) is 0 Å². The molecule has 0 unspecified atom stereocenters. The van der Waals surface area contributed by atoms with E-state index >= 15 is 0 Å². The summed E-state index contributed by atoms with van der Waals surface area (Å²) in [4.78, 5) is 8.51. The van der Waals surface area contributed by atoms with Crippen LogP contribution in [0.25, 0.3) is 0 Å². The van der Waals surface area contributed by atoms with Crippen molar-refractivity contribution in [2.24, 2.45) is 0 Å². The van der Waals surface area contributed by atoms with Crippen LogP contribution in [0.1, 0.15) is 24.6 Å². The van der Waals surface area contributed by atoms with Crippen LogP contribution in [0.4, 0.5) is 5.95 Å². The average Bonchev–Trinajstić information content (AvgIpc) is 2.76. The van der Waals surface area contributed by atoms with Gasteiger partial charge in [-0.2, -0.15) is 4.98 Å². The standard InChI is InChI=1S/C12H17N5O/c1-4-5-13-12-14-7-8(2)11(15-12)18-10-6-9(3)16-17-10/h6-7H,4-5H2,1-3H3,(H,16,17)(H,13,14,15). The summed E-state index contributed by atoms with van der Waals surface area (Å²) in [6, 6.07) is 1.82. The lowest BCUT2D eigenvalue weighted by Gasteiger charge is -2.07. The molecule has 2 aromatic heterocycles. The van der Waals surface area contributed by atoms with E-state index in [0.29, 0.717) is 17.7 Å². The monoisotopic (exact) mass is 247 g/mol. The SMILES string of the molecule is CCCNc1ncc(C)c(Oc2cc(C)[nH]n2)n1. The third kappa shape index (κ3) is 2.97. The van der Waals surface area contributed by atoms with E-state index < -0.39 is 0 Å². The van der Waals surface area contributed by atoms with E-state index in [4.69, 9.17) is 4.74 Å². The van der Waals surface area contributed by atoms with Gasteiger partial charge in [0.25, 0.3) is 0 Å². The molecule has 18 heavy (non-hydrogen) atoms. The Morgan fingerprint density at radius 1 is 1.39 bits per heavy atom. The Labute approximate surface area is 106 Å². The van der Waals surface area contributed by atoms with Crippen molar-refractivity contribution in [2.45, 2.75) is 27.2 Å². The van der Waals surface area contributed by atoms with Crippen LogP contribution in [0.3, 0.4) is 0 Å². The first-order valence-electron chi connectivity index (χ1n) is 5.96. The zero-order valence-corrected chi connectivity index (χ0v) is 10.8. The first-order valence-corrected chi connectivity index (χ1v) is 5.96. The Balaban J connectivity index is 2.15. The van der Waals surface area contributed by atoms with Gasteiger partial charge in [0.1, 0.15) is 0 Å². The van der Waals surface area contributed by atoms with Gasteiger partial charge in [0.2, 0.25) is 17.7 Å². The predicted molar refractivity (Wildman–Crippen MR) is 68.9 cm³/mol. The summed E-state index contributed by atoms with van der Waals surface area (Å²) in [5.74, 6) is 1.61. The third-order valence-electron chi connectivity index (χ3n) is 2.34. The van der Waals surface area contributed by atoms with Crippen molar-refractivity contribution >= 4 is 5.95 Å². The Morgan fingerprint density at radius 2 is 2.22 bits per heavy atom. The number of rotatable bonds is 5. The van der Waals surface area contributed by atoms with Crippen molar-refractivity contribution in [3.8, 4) is 11.8 Å². The largest absolute Gasteiger partial charge is 0.419 e. The number of H-pyrrole nitrogens is 1. The summed E-state index contributed by atoms with van der Waals surface area (Å²) in [7, 11) is 0. The lowest BCUT2D eigenvalue weighted by Crippen LogP contribution is -2.05. The van der Waals surface area contributed by atoms with E-state index in [9.17, 15) is 0 Å². The molecule has 0 spiro atoms. The Morgan fingerprint density at radius 3 is 2.89 bits per heavy atom. The fraction of sp³-hybridized carbons (Fsp3) is 0.417. The number of anilines is 1. The van der Waals surface area contributed by atoms with Crippen LogP contribution < -0.4 is 10.1 Å². The minimum absolute atomic E-state index is 0.510. The van der Waals surface area contributed by atoms with Crippen molar-refractivity contribution in [2.75, 3.05) is 11.9 Å². The molecule has 0 radical (unpaired) electrons. The van der Waals surface area contributed by atoms with Crippen LogP contribution in [-0.4, -0.2) is 26.7 Å². The predicted octanol–water partition coefficient (Wildman–Crippen LogP) is 2.43. The van der Waals surface area contributed by atoms with Gasteiger partial charge in [-0.1, -0.05) is 6.92 Å². The van der Waals surface area contributed by atoms with E-state index in [0.717, 1.165) is 24.2 Å². The number of ether oxygens (including phenoxy) is 1. The van der Waals surface area contributed by atoms with Crippen LogP contribution in [0.15, 0.2) is 12.3 Å². The van der Waals surface area contributed by atoms with E-state index in [-0.39, 0.29) is 0 Å². The van der Waals surface area contributed by atoms with Crippen LogP contribution >= 0.6 is 0 Å². The normalized spacial score (nSPS) is 10.4. The highest BCUT2D eigenvalue weighted by Gasteiger charge is 2.08. The summed E-state index contributed by atoms with van der Waals surface area (Å²) in [6.07, 6.45) is 2.76. The topological polar surface area (TPSA) is 75.7 Å². The molecule has 0 aliphatic rings. The Kier molecular flexibility index (Phi) is 3.76. The van der Waals surface area contributed by atoms with Gasteiger partial charge >= 0.3 is 0 Å². The summed E-state index contributed by atoms with van der Waals surface area (Å²) in [5, 5.41) is 9.96. The number of hydrogen-bond acceptors (Lipinski definition) is 5. The molecule has 0 atom stereocenters. The molecule has 96 valence electrons. The van der Waals surface area contributed by atoms with Gasteiger partial charge in [-0.15, -0.1) is 5.10 Å². The maximum absolute atomic E-state index is 5.62. The highest BCUT2D eigenvalue weighted by Crippen LogP contribution is 2.21. The van der Waals surface area contributed by atoms with E-state index in [1.54, 1.807) is 6.20 Å². The van der Waals surface area contributed by atoms with Crippen molar-refractivity contribution < 1.29 is 4.74 Å². The quantitative estimate of drug-likeness (QED) is 0.848. The van der Waals surface area contributed by atoms with Crippen LogP contribution in [-0.2, 0) is 0 Å². The van der Waals surface area contributed by atoms with Gasteiger partial charge in [-0.3, -0.25) is 5.10 Å². The van der Waals surface area contributed by atoms with Gasteiger partial charge in [0.05, 0.1) is 0 Å². The van der Waals surface area contributed by atoms with Gasteiger partial charge in [0.15, 0.2) is 0 Å². The van der Waals surface area contributed by atoms with Gasteiger partial charge in [-0.05, 0) is 20.3 Å². The molecule has 6 heteroatoms. The fourth-order valence-corrected chi connectivity index (χ4v) is 1.40. The summed E-state index contributed by atoms with van der Waals surface area (Å²) < 4.78 is 5.62. The average molecular weight is 247 g/mol. The number of hydrogen-bond donors (Lipinski definition) is 2. The van der Waals surface area contributed by atoms with Crippen LogP contribution in [0.5, 0.6) is 11.8 Å². The minimum Gasteiger partial charge on any atom is -0.419 e. The highest BCUT2D eigenvalue weighted by atomic mass is 16.5. The second-order valence-electron chi connectivity index (χ2n) is 4.10. The minimum atomic E-state index is 0.510. The molecule has 0 amide bonds. The highest BCUT2D eigenvalue weighted by molar-refractivity contribution is 5.34. The van der Waals surface area contributed by atoms with Gasteiger partial charge < -0.3 is 10.1 Å². The van der Waals surface area contributed by atoms with Crippen molar-refractivity contribution in [1.82, 2.24) is 20.2 Å². The molecular weight excluding hydrogens is 230 g/mol. The van der Waals surface area contributed by atoms with Gasteiger partial charge in [-0.25, -0.2) is 4.98 Å². The molecule has 0 fully saturated rings. The summed E-state index contributed by atoms with van der Waals surface area (Å²) >= 11 is 0. The molecule has 2 heterocycles. The zero-order chi connectivity index (χ0) is 13.0. The Bertz CT molecular complexity index is 523. The molecule has 0 aromatic carbocycles. The number of aryl methyl sites for hydroxylation is 2. The molecule has 0 aliphatic carbocycles. The molecule has 0 bridgehead atoms. The van der Waals surface area contributed by atoms with Crippen molar-refractivity contribution in [3.05, 3.63) is 23.5 Å². The lowest BCUT2D eigenvalue weighted by molar-refractivity contribution is 0.439. The van der Waals surface area contributed by atoms with Crippen molar-refractivity contribution in [1.29, 1.82) is 0 Å². The van der Waals surface area contributed by atoms with E-state index in [1.807, 2.05) is 19.9 Å². The third-order valence-corrected chi connectivity index (χ3v) is 2.34. The van der Waals surface area contributed by atoms with E-state index in [1.165, 1.54) is 0 Å². The summed E-state index contributed by atoms with van der Waals surface area (Å²) in [6.45, 7) is 6.74. The molecule has 2 aromatic rings. The van der Waals surface area contributed by atoms with Gasteiger partial charge in [0, 0.05) is 30.1 Å². The first-order chi connectivity index (χ1) is 8.69. The van der Waals surface area contributed by atoms with Crippen molar-refractivity contribution in [3.63, 3.8) is 0 Å². The molecule has 2 N–H and O–H groups in total. The smallest absolute Gasteiger partial charge is 0.240 e. The molecule has 0 saturated carbocycles. The molecule has 6 nitrogen and oxygen atoms in total. The molecule has 2 rings (SSSR count). The maximum atomic E-state index is 5.62. The molecule has 0 aliphatic heterocycles. The maximum Gasteiger partial charge on any atom is 0.240 e. The molecular formula is C12H17N5O. The molecule has 0 saturated heterocycles. The van der Waals surface area contributed by atoms with Crippen LogP contribution in [0, 0.1) is 13.8 Å². The number of nitrogens with one attached hydrogen (secondary N) is 2. The Hall–Kier alpha value is -2.11. The summed E-state index contributed by atoms with van der Waals surface area (Å²) in [5.41, 5.74) is 1.82.